The number of H-pyrrole nitrogens is 1. The molecule has 1 aromatic heterocycles. The highest BCUT2D eigenvalue weighted by Crippen LogP contribution is 2.14. The van der Waals surface area contributed by atoms with Crippen LogP contribution in [0.15, 0.2) is 11.1 Å². The number of nitrogens with one attached hydrogen (secondary N) is 2. The molecule has 6 heteroatoms. The lowest BCUT2D eigenvalue weighted by atomic mass is 10.1. The average Bonchev–Trinajstić information content (AvgIpc) is 2.19. The Bertz CT molecular complexity index is 380. The summed E-state index contributed by atoms with van der Waals surface area (Å²) in [6, 6.07) is 0.120. The molecule has 1 rings (SSSR count). The van der Waals surface area contributed by atoms with Crippen LogP contribution in [-0.4, -0.2) is 21.9 Å². The molecular formula is C9H13ClIN3O. The van der Waals surface area contributed by atoms with Crippen molar-refractivity contribution < 1.29 is 0 Å². The zero-order valence-corrected chi connectivity index (χ0v) is 11.5. The zero-order valence-electron chi connectivity index (χ0n) is 8.55. The lowest BCUT2D eigenvalue weighted by Gasteiger charge is -2.20. The molecule has 1 unspecified atom stereocenters. The fourth-order valence-electron chi connectivity index (χ4n) is 1.04. The van der Waals surface area contributed by atoms with Gasteiger partial charge in [-0.1, -0.05) is 13.8 Å². The first-order valence-electron chi connectivity index (χ1n) is 4.62. The van der Waals surface area contributed by atoms with Crippen molar-refractivity contribution in [3.8, 4) is 0 Å². The minimum absolute atomic E-state index is 0.120. The van der Waals surface area contributed by atoms with Crippen molar-refractivity contribution >= 4 is 40.0 Å². The number of alkyl halides is 1. The summed E-state index contributed by atoms with van der Waals surface area (Å²) >= 11 is 7.79. The van der Waals surface area contributed by atoms with Gasteiger partial charge in [-0.2, -0.15) is 0 Å². The largest absolute Gasteiger partial charge is 0.365 e. The molecule has 0 bridgehead atoms. The van der Waals surface area contributed by atoms with Crippen LogP contribution in [0.2, 0.25) is 0 Å². The first-order valence-corrected chi connectivity index (χ1v) is 6.23. The standard InChI is InChI=1S/C9H13ClIN3O/c1-5(2)6(3-10)14-8-7(11)9(15)13-4-12-8/h4-6H,3H2,1-2H3,(H2,12,13,14,15). The van der Waals surface area contributed by atoms with Gasteiger partial charge in [-0.3, -0.25) is 4.79 Å². The smallest absolute Gasteiger partial charge is 0.266 e. The highest BCUT2D eigenvalue weighted by Gasteiger charge is 2.14. The minimum Gasteiger partial charge on any atom is -0.365 e. The van der Waals surface area contributed by atoms with E-state index >= 15 is 0 Å². The minimum atomic E-state index is -0.134. The highest BCUT2D eigenvalue weighted by atomic mass is 127. The van der Waals surface area contributed by atoms with E-state index in [-0.39, 0.29) is 11.6 Å². The Labute approximate surface area is 107 Å². The van der Waals surface area contributed by atoms with E-state index in [9.17, 15) is 4.79 Å². The van der Waals surface area contributed by atoms with Gasteiger partial charge in [0.15, 0.2) is 0 Å². The first-order chi connectivity index (χ1) is 7.06. The molecule has 4 nitrogen and oxygen atoms in total. The van der Waals surface area contributed by atoms with Crippen LogP contribution in [0.3, 0.4) is 0 Å². The summed E-state index contributed by atoms with van der Waals surface area (Å²) in [4.78, 5) is 17.9. The van der Waals surface area contributed by atoms with E-state index in [1.165, 1.54) is 6.33 Å². The molecule has 15 heavy (non-hydrogen) atoms. The van der Waals surface area contributed by atoms with Crippen molar-refractivity contribution in [1.29, 1.82) is 0 Å². The molecule has 0 radical (unpaired) electrons. The van der Waals surface area contributed by atoms with Crippen molar-refractivity contribution in [2.75, 3.05) is 11.2 Å². The molecule has 0 fully saturated rings. The van der Waals surface area contributed by atoms with Gasteiger partial charge >= 0.3 is 0 Å². The first kappa shape index (κ1) is 12.8. The Kier molecular flexibility index (Phi) is 4.85. The molecule has 0 aliphatic rings. The normalized spacial score (nSPS) is 12.9. The molecule has 0 amide bonds. The molecule has 0 aliphatic carbocycles. The maximum atomic E-state index is 11.3. The van der Waals surface area contributed by atoms with Gasteiger partial charge in [-0.25, -0.2) is 4.98 Å². The Morgan fingerprint density at radius 1 is 1.67 bits per heavy atom. The van der Waals surface area contributed by atoms with Gasteiger partial charge < -0.3 is 10.3 Å². The summed E-state index contributed by atoms with van der Waals surface area (Å²) in [5.41, 5.74) is -0.134. The van der Waals surface area contributed by atoms with Crippen LogP contribution >= 0.6 is 34.2 Å². The molecule has 1 heterocycles. The fraction of sp³-hybridized carbons (Fsp3) is 0.556. The van der Waals surface area contributed by atoms with Crippen molar-refractivity contribution in [2.24, 2.45) is 5.92 Å². The van der Waals surface area contributed by atoms with Gasteiger partial charge in [-0.15, -0.1) is 11.6 Å². The van der Waals surface area contributed by atoms with Crippen molar-refractivity contribution in [3.05, 3.63) is 20.3 Å². The molecule has 2 N–H and O–H groups in total. The number of hydrogen-bond donors (Lipinski definition) is 2. The maximum Gasteiger partial charge on any atom is 0.266 e. The third-order valence-corrected chi connectivity index (χ3v) is 3.42. The second kappa shape index (κ2) is 5.69. The third kappa shape index (κ3) is 3.34. The van der Waals surface area contributed by atoms with Crippen molar-refractivity contribution in [3.63, 3.8) is 0 Å². The van der Waals surface area contributed by atoms with Gasteiger partial charge in [0, 0.05) is 11.9 Å². The molecule has 1 aromatic rings. The SMILES string of the molecule is CC(C)C(CCl)Nc1nc[nH]c(=O)c1I. The van der Waals surface area contributed by atoms with Crippen LogP contribution in [0.4, 0.5) is 5.82 Å². The lowest BCUT2D eigenvalue weighted by molar-refractivity contribution is 0.562. The van der Waals surface area contributed by atoms with Gasteiger partial charge in [0.2, 0.25) is 0 Å². The summed E-state index contributed by atoms with van der Waals surface area (Å²) in [7, 11) is 0. The topological polar surface area (TPSA) is 57.8 Å². The predicted molar refractivity (Wildman–Crippen MR) is 70.5 cm³/mol. The molecule has 0 aliphatic heterocycles. The van der Waals surface area contributed by atoms with Gasteiger partial charge in [0.05, 0.1) is 6.33 Å². The summed E-state index contributed by atoms with van der Waals surface area (Å²) in [6.45, 7) is 4.14. The molecule has 1 atom stereocenters. The van der Waals surface area contributed by atoms with Gasteiger partial charge in [0.25, 0.3) is 5.56 Å². The van der Waals surface area contributed by atoms with Gasteiger partial charge in [-0.05, 0) is 28.5 Å². The predicted octanol–water partition coefficient (Wildman–Crippen LogP) is 2.05. The molecular weight excluding hydrogens is 328 g/mol. The van der Waals surface area contributed by atoms with Crippen LogP contribution in [-0.2, 0) is 0 Å². The summed E-state index contributed by atoms with van der Waals surface area (Å²) in [5, 5.41) is 3.17. The summed E-state index contributed by atoms with van der Waals surface area (Å²) in [6.07, 6.45) is 1.39. The monoisotopic (exact) mass is 341 g/mol. The third-order valence-electron chi connectivity index (χ3n) is 2.09. The quantitative estimate of drug-likeness (QED) is 0.651. The Hall–Kier alpha value is -0.300. The number of anilines is 1. The van der Waals surface area contributed by atoms with Crippen LogP contribution in [0.1, 0.15) is 13.8 Å². The molecule has 84 valence electrons. The number of aromatic nitrogens is 2. The van der Waals surface area contributed by atoms with E-state index in [1.54, 1.807) is 0 Å². The summed E-state index contributed by atoms with van der Waals surface area (Å²) in [5.74, 6) is 1.47. The zero-order chi connectivity index (χ0) is 11.4. The Morgan fingerprint density at radius 2 is 2.33 bits per heavy atom. The van der Waals surface area contributed by atoms with E-state index in [0.29, 0.717) is 21.2 Å². The average molecular weight is 342 g/mol. The van der Waals surface area contributed by atoms with Crippen molar-refractivity contribution in [2.45, 2.75) is 19.9 Å². The van der Waals surface area contributed by atoms with E-state index in [2.05, 4.69) is 29.1 Å². The number of aromatic amines is 1. The molecule has 0 saturated heterocycles. The van der Waals surface area contributed by atoms with Crippen LogP contribution < -0.4 is 10.9 Å². The highest BCUT2D eigenvalue weighted by molar-refractivity contribution is 14.1. The van der Waals surface area contributed by atoms with E-state index in [1.807, 2.05) is 22.6 Å². The Morgan fingerprint density at radius 3 is 2.87 bits per heavy atom. The van der Waals surface area contributed by atoms with Crippen LogP contribution in [0.5, 0.6) is 0 Å². The van der Waals surface area contributed by atoms with Gasteiger partial charge in [0.1, 0.15) is 9.39 Å². The van der Waals surface area contributed by atoms with Crippen molar-refractivity contribution in [1.82, 2.24) is 9.97 Å². The van der Waals surface area contributed by atoms with Crippen LogP contribution in [0.25, 0.3) is 0 Å². The maximum absolute atomic E-state index is 11.3. The second-order valence-corrected chi connectivity index (χ2v) is 4.93. The number of halogens is 2. The van der Waals surface area contributed by atoms with E-state index in [0.717, 1.165) is 0 Å². The molecule has 0 saturated carbocycles. The van der Waals surface area contributed by atoms with E-state index in [4.69, 9.17) is 11.6 Å². The Balaban J connectivity index is 2.88. The van der Waals surface area contributed by atoms with E-state index < -0.39 is 0 Å². The number of rotatable bonds is 4. The van der Waals surface area contributed by atoms with Crippen LogP contribution in [0, 0.1) is 9.49 Å². The number of nitrogens with zero attached hydrogens (tertiary/aromatic N) is 1. The second-order valence-electron chi connectivity index (χ2n) is 3.54. The number of hydrogen-bond acceptors (Lipinski definition) is 3. The fourth-order valence-corrected chi connectivity index (χ4v) is 1.93. The molecule has 0 spiro atoms. The lowest BCUT2D eigenvalue weighted by Crippen LogP contribution is -2.29. The molecule has 0 aromatic carbocycles. The summed E-state index contributed by atoms with van der Waals surface area (Å²) < 4.78 is 0.561.